The Hall–Kier alpha value is -1.39. The Morgan fingerprint density at radius 1 is 1.17 bits per heavy atom. The van der Waals surface area contributed by atoms with E-state index in [9.17, 15) is 9.50 Å². The van der Waals surface area contributed by atoms with Crippen LogP contribution in [0.3, 0.4) is 0 Å². The summed E-state index contributed by atoms with van der Waals surface area (Å²) in [5.41, 5.74) is 1.73. The molecule has 0 saturated carbocycles. The predicted molar refractivity (Wildman–Crippen MR) is 74.0 cm³/mol. The van der Waals surface area contributed by atoms with Gasteiger partial charge in [0.05, 0.1) is 12.6 Å². The van der Waals surface area contributed by atoms with E-state index in [0.29, 0.717) is 4.47 Å². The van der Waals surface area contributed by atoms with E-state index in [1.165, 1.54) is 12.1 Å². The lowest BCUT2D eigenvalue weighted by Crippen LogP contribution is -2.15. The summed E-state index contributed by atoms with van der Waals surface area (Å²) in [4.78, 5) is 0. The molecule has 0 bridgehead atoms. The van der Waals surface area contributed by atoms with Gasteiger partial charge in [0.2, 0.25) is 0 Å². The van der Waals surface area contributed by atoms with Crippen molar-refractivity contribution in [3.8, 4) is 0 Å². The normalized spacial score (nSPS) is 12.2. The van der Waals surface area contributed by atoms with Crippen molar-refractivity contribution in [3.63, 3.8) is 0 Å². The molecule has 0 saturated heterocycles. The first-order chi connectivity index (χ1) is 8.70. The van der Waals surface area contributed by atoms with Gasteiger partial charge < -0.3 is 10.4 Å². The molecule has 0 aromatic heterocycles. The Balaban J connectivity index is 2.23. The van der Waals surface area contributed by atoms with Crippen molar-refractivity contribution >= 4 is 21.6 Å². The van der Waals surface area contributed by atoms with Crippen molar-refractivity contribution in [2.24, 2.45) is 0 Å². The van der Waals surface area contributed by atoms with Gasteiger partial charge in [0, 0.05) is 10.2 Å². The van der Waals surface area contributed by atoms with Gasteiger partial charge in [0.25, 0.3) is 0 Å². The highest BCUT2D eigenvalue weighted by atomic mass is 79.9. The number of hydrogen-bond acceptors (Lipinski definition) is 2. The topological polar surface area (TPSA) is 32.3 Å². The maximum absolute atomic E-state index is 13.0. The van der Waals surface area contributed by atoms with Crippen LogP contribution in [0.4, 0.5) is 10.1 Å². The average molecular weight is 310 g/mol. The molecule has 4 heteroatoms. The first kappa shape index (κ1) is 13.1. The molecule has 94 valence electrons. The fourth-order valence-electron chi connectivity index (χ4n) is 1.74. The van der Waals surface area contributed by atoms with Crippen LogP contribution in [0.2, 0.25) is 0 Å². The monoisotopic (exact) mass is 309 g/mol. The Labute approximate surface area is 114 Å². The summed E-state index contributed by atoms with van der Waals surface area (Å²) in [7, 11) is 0. The molecule has 2 nitrogen and oxygen atoms in total. The summed E-state index contributed by atoms with van der Waals surface area (Å²) in [5, 5.41) is 12.7. The molecule has 0 aliphatic carbocycles. The predicted octanol–water partition coefficient (Wildman–Crippen LogP) is 3.73. The second-order valence-corrected chi connectivity index (χ2v) is 4.77. The smallest absolute Gasteiger partial charge is 0.124 e. The molecular weight excluding hydrogens is 297 g/mol. The first-order valence-electron chi connectivity index (χ1n) is 5.58. The van der Waals surface area contributed by atoms with Crippen LogP contribution in [0.1, 0.15) is 11.6 Å². The molecule has 2 N–H and O–H groups in total. The number of anilines is 1. The van der Waals surface area contributed by atoms with Gasteiger partial charge in [0.1, 0.15) is 5.82 Å². The molecule has 18 heavy (non-hydrogen) atoms. The first-order valence-corrected chi connectivity index (χ1v) is 6.37. The SMILES string of the molecule is OCC(Nc1ccccc1)c1ccc(F)cc1Br. The van der Waals surface area contributed by atoms with E-state index in [0.717, 1.165) is 11.3 Å². The number of para-hydroxylation sites is 1. The standard InChI is InChI=1S/C14H13BrFNO/c15-13-8-10(16)6-7-12(13)14(9-18)17-11-4-2-1-3-5-11/h1-8,14,17-18H,9H2. The molecule has 2 aromatic rings. The van der Waals surface area contributed by atoms with E-state index < -0.39 is 0 Å². The third-order valence-electron chi connectivity index (χ3n) is 2.64. The molecule has 0 aliphatic heterocycles. The van der Waals surface area contributed by atoms with Gasteiger partial charge in [-0.25, -0.2) is 4.39 Å². The average Bonchev–Trinajstić information content (AvgIpc) is 2.38. The molecule has 2 aromatic carbocycles. The highest BCUT2D eigenvalue weighted by Gasteiger charge is 2.13. The zero-order valence-corrected chi connectivity index (χ0v) is 11.2. The van der Waals surface area contributed by atoms with Crippen molar-refractivity contribution in [3.05, 3.63) is 64.4 Å². The molecule has 0 amide bonds. The zero-order valence-electron chi connectivity index (χ0n) is 9.61. The van der Waals surface area contributed by atoms with Crippen LogP contribution in [0.5, 0.6) is 0 Å². The van der Waals surface area contributed by atoms with Crippen molar-refractivity contribution in [2.75, 3.05) is 11.9 Å². The molecule has 0 radical (unpaired) electrons. The summed E-state index contributed by atoms with van der Waals surface area (Å²) >= 11 is 3.31. The van der Waals surface area contributed by atoms with Crippen molar-refractivity contribution in [1.29, 1.82) is 0 Å². The number of benzene rings is 2. The van der Waals surface area contributed by atoms with Gasteiger partial charge in [-0.2, -0.15) is 0 Å². The molecule has 1 atom stereocenters. The minimum Gasteiger partial charge on any atom is -0.394 e. The number of nitrogens with one attached hydrogen (secondary N) is 1. The van der Waals surface area contributed by atoms with Gasteiger partial charge in [-0.05, 0) is 29.8 Å². The quantitative estimate of drug-likeness (QED) is 0.902. The van der Waals surface area contributed by atoms with Crippen molar-refractivity contribution in [1.82, 2.24) is 0 Å². The van der Waals surface area contributed by atoms with Crippen LogP contribution < -0.4 is 5.32 Å². The Kier molecular flexibility index (Phi) is 4.33. The zero-order chi connectivity index (χ0) is 13.0. The van der Waals surface area contributed by atoms with Crippen LogP contribution in [0.15, 0.2) is 53.0 Å². The number of rotatable bonds is 4. The van der Waals surface area contributed by atoms with Crippen LogP contribution in [-0.4, -0.2) is 11.7 Å². The molecule has 0 fully saturated rings. The molecule has 2 rings (SSSR count). The van der Waals surface area contributed by atoms with E-state index in [2.05, 4.69) is 21.2 Å². The number of hydrogen-bond donors (Lipinski definition) is 2. The van der Waals surface area contributed by atoms with Gasteiger partial charge in [-0.15, -0.1) is 0 Å². The summed E-state index contributed by atoms with van der Waals surface area (Å²) in [6, 6.07) is 13.7. The number of aliphatic hydroxyl groups is 1. The lowest BCUT2D eigenvalue weighted by Gasteiger charge is -2.19. The maximum atomic E-state index is 13.0. The van der Waals surface area contributed by atoms with Crippen LogP contribution in [0.25, 0.3) is 0 Å². The molecule has 0 spiro atoms. The largest absolute Gasteiger partial charge is 0.394 e. The van der Waals surface area contributed by atoms with Crippen LogP contribution >= 0.6 is 15.9 Å². The number of halogens is 2. The summed E-state index contributed by atoms with van der Waals surface area (Å²) in [5.74, 6) is -0.304. The highest BCUT2D eigenvalue weighted by molar-refractivity contribution is 9.10. The second-order valence-electron chi connectivity index (χ2n) is 3.91. The Morgan fingerprint density at radius 3 is 2.50 bits per heavy atom. The second kappa shape index (κ2) is 5.98. The van der Waals surface area contributed by atoms with E-state index >= 15 is 0 Å². The fraction of sp³-hybridized carbons (Fsp3) is 0.143. The third-order valence-corrected chi connectivity index (χ3v) is 3.32. The Morgan fingerprint density at radius 2 is 1.89 bits per heavy atom. The Bertz CT molecular complexity index is 518. The van der Waals surface area contributed by atoms with E-state index in [4.69, 9.17) is 0 Å². The summed E-state index contributed by atoms with van der Waals surface area (Å²) < 4.78 is 13.7. The number of aliphatic hydroxyl groups excluding tert-OH is 1. The fourth-order valence-corrected chi connectivity index (χ4v) is 2.37. The lowest BCUT2D eigenvalue weighted by atomic mass is 10.1. The molecule has 0 heterocycles. The van der Waals surface area contributed by atoms with Crippen molar-refractivity contribution in [2.45, 2.75) is 6.04 Å². The summed E-state index contributed by atoms with van der Waals surface area (Å²) in [6.07, 6.45) is 0. The molecule has 0 aliphatic rings. The van der Waals surface area contributed by atoms with E-state index in [1.54, 1.807) is 6.07 Å². The minimum absolute atomic E-state index is 0.0703. The lowest BCUT2D eigenvalue weighted by molar-refractivity contribution is 0.276. The highest BCUT2D eigenvalue weighted by Crippen LogP contribution is 2.27. The molecule has 1 unspecified atom stereocenters. The summed E-state index contributed by atoms with van der Waals surface area (Å²) in [6.45, 7) is -0.0703. The third kappa shape index (κ3) is 3.09. The van der Waals surface area contributed by atoms with Gasteiger partial charge in [0.15, 0.2) is 0 Å². The maximum Gasteiger partial charge on any atom is 0.124 e. The molecular formula is C14H13BrFNO. The van der Waals surface area contributed by atoms with Crippen LogP contribution in [-0.2, 0) is 0 Å². The van der Waals surface area contributed by atoms with Gasteiger partial charge in [-0.1, -0.05) is 40.2 Å². The van der Waals surface area contributed by atoms with Gasteiger partial charge in [-0.3, -0.25) is 0 Å². The van der Waals surface area contributed by atoms with E-state index in [-0.39, 0.29) is 18.5 Å². The minimum atomic E-state index is -0.304. The van der Waals surface area contributed by atoms with Gasteiger partial charge >= 0.3 is 0 Å². The van der Waals surface area contributed by atoms with Crippen LogP contribution in [0, 0.1) is 5.82 Å². The van der Waals surface area contributed by atoms with Crippen molar-refractivity contribution < 1.29 is 9.50 Å². The van der Waals surface area contributed by atoms with E-state index in [1.807, 2.05) is 30.3 Å².